The number of aliphatic imine (C=N–C) groups is 1. The maximum absolute atomic E-state index is 13.3. The van der Waals surface area contributed by atoms with Gasteiger partial charge in [0, 0.05) is 0 Å². The number of benzene rings is 2. The molecule has 1 saturated heterocycles. The Morgan fingerprint density at radius 2 is 2.00 bits per heavy atom. The Bertz CT molecular complexity index is 788. The van der Waals surface area contributed by atoms with Crippen LogP contribution in [0, 0.1) is 5.82 Å². The fourth-order valence-electron chi connectivity index (χ4n) is 2.38. The van der Waals surface area contributed by atoms with Gasteiger partial charge in [-0.3, -0.25) is 10.6 Å². The summed E-state index contributed by atoms with van der Waals surface area (Å²) in [7, 11) is 0. The first-order chi connectivity index (χ1) is 10.2. The predicted molar refractivity (Wildman–Crippen MR) is 75.0 cm³/mol. The highest BCUT2D eigenvalue weighted by molar-refractivity contribution is 6.08. The van der Waals surface area contributed by atoms with Crippen molar-refractivity contribution in [1.82, 2.24) is 10.6 Å². The lowest BCUT2D eigenvalue weighted by Gasteiger charge is -2.20. The van der Waals surface area contributed by atoms with Crippen molar-refractivity contribution in [3.63, 3.8) is 0 Å². The van der Waals surface area contributed by atoms with Gasteiger partial charge >= 0.3 is 6.03 Å². The molecular formula is C15H10FN3O2. The Kier molecular flexibility index (Phi) is 2.44. The Balaban J connectivity index is 1.74. The predicted octanol–water partition coefficient (Wildman–Crippen LogP) is 2.55. The molecule has 0 bridgehead atoms. The van der Waals surface area contributed by atoms with Gasteiger partial charge in [-0.05, 0) is 35.4 Å². The Labute approximate surface area is 119 Å². The normalized spacial score (nSPS) is 18.8. The number of fused-ring (bicyclic) bond motifs is 2. The molecular weight excluding hydrogens is 273 g/mol. The van der Waals surface area contributed by atoms with E-state index in [1.165, 1.54) is 12.1 Å². The molecule has 0 aliphatic carbocycles. The number of hydrogen-bond donors (Lipinski definition) is 2. The molecule has 21 heavy (non-hydrogen) atoms. The van der Waals surface area contributed by atoms with Crippen molar-refractivity contribution in [3.05, 3.63) is 48.3 Å². The molecule has 6 heteroatoms. The third-order valence-corrected chi connectivity index (χ3v) is 3.36. The fraction of sp³-hybridized carbons (Fsp3) is 0.0667. The summed E-state index contributed by atoms with van der Waals surface area (Å²) < 4.78 is 19.0. The lowest BCUT2D eigenvalue weighted by molar-refractivity contribution is 0.220. The van der Waals surface area contributed by atoms with Gasteiger partial charge in [-0.2, -0.15) is 0 Å². The zero-order valence-corrected chi connectivity index (χ0v) is 10.8. The number of hydrogen-bond acceptors (Lipinski definition) is 3. The van der Waals surface area contributed by atoms with E-state index in [0.29, 0.717) is 17.3 Å². The van der Waals surface area contributed by atoms with Gasteiger partial charge in [-0.25, -0.2) is 14.2 Å². The number of amides is 2. The van der Waals surface area contributed by atoms with Crippen LogP contribution in [0.4, 0.5) is 14.9 Å². The molecule has 1 atom stereocenters. The summed E-state index contributed by atoms with van der Waals surface area (Å²) in [6, 6.07) is 11.4. The molecule has 2 aromatic rings. The van der Waals surface area contributed by atoms with Crippen LogP contribution in [-0.2, 0) is 0 Å². The van der Waals surface area contributed by atoms with Crippen LogP contribution in [0.3, 0.4) is 0 Å². The lowest BCUT2D eigenvalue weighted by atomic mass is 10.0. The molecule has 2 aromatic carbocycles. The second kappa shape index (κ2) is 4.31. The Hall–Kier alpha value is -2.89. The number of carbonyl (C=O) groups is 1. The van der Waals surface area contributed by atoms with Gasteiger partial charge in [0.1, 0.15) is 17.3 Å². The molecule has 2 aliphatic rings. The topological polar surface area (TPSA) is 62.7 Å². The number of amidine groups is 1. The van der Waals surface area contributed by atoms with Crippen molar-refractivity contribution < 1.29 is 13.9 Å². The Morgan fingerprint density at radius 1 is 1.14 bits per heavy atom. The van der Waals surface area contributed by atoms with E-state index < -0.39 is 6.23 Å². The van der Waals surface area contributed by atoms with E-state index in [-0.39, 0.29) is 11.8 Å². The standard InChI is InChI=1S/C15H10FN3O2/c16-10-3-1-2-8(6-10)9-4-5-11-12(7-9)21-14-13(17-11)18-15(20)19-14/h1-7,14H,(H2,17,18,19,20). The Morgan fingerprint density at radius 3 is 2.86 bits per heavy atom. The number of ether oxygens (including phenoxy) is 1. The fourth-order valence-corrected chi connectivity index (χ4v) is 2.38. The van der Waals surface area contributed by atoms with Gasteiger partial charge < -0.3 is 4.74 Å². The zero-order chi connectivity index (χ0) is 14.4. The summed E-state index contributed by atoms with van der Waals surface area (Å²) in [6.07, 6.45) is -0.590. The van der Waals surface area contributed by atoms with E-state index in [0.717, 1.165) is 11.1 Å². The molecule has 104 valence electrons. The van der Waals surface area contributed by atoms with E-state index in [4.69, 9.17) is 4.74 Å². The zero-order valence-electron chi connectivity index (χ0n) is 10.8. The molecule has 2 heterocycles. The van der Waals surface area contributed by atoms with Crippen molar-refractivity contribution in [2.24, 2.45) is 4.99 Å². The molecule has 5 nitrogen and oxygen atoms in total. The first-order valence-electron chi connectivity index (χ1n) is 6.42. The minimum Gasteiger partial charge on any atom is -0.461 e. The molecule has 0 saturated carbocycles. The van der Waals surface area contributed by atoms with Gasteiger partial charge in [-0.1, -0.05) is 18.2 Å². The van der Waals surface area contributed by atoms with Gasteiger partial charge in [0.05, 0.1) is 0 Å². The average Bonchev–Trinajstić information content (AvgIpc) is 2.83. The summed E-state index contributed by atoms with van der Waals surface area (Å²) in [6.45, 7) is 0. The first kappa shape index (κ1) is 11.9. The molecule has 2 amide bonds. The van der Waals surface area contributed by atoms with Crippen LogP contribution < -0.4 is 15.4 Å². The smallest absolute Gasteiger partial charge is 0.323 e. The second-order valence-corrected chi connectivity index (χ2v) is 4.79. The SMILES string of the molecule is O=C1NC2=Nc3ccc(-c4cccc(F)c4)cc3OC2N1. The molecule has 1 fully saturated rings. The van der Waals surface area contributed by atoms with Crippen molar-refractivity contribution in [2.45, 2.75) is 6.23 Å². The van der Waals surface area contributed by atoms with Crippen LogP contribution in [0.2, 0.25) is 0 Å². The number of rotatable bonds is 1. The number of nitrogens with one attached hydrogen (secondary N) is 2. The molecule has 2 aliphatic heterocycles. The maximum atomic E-state index is 13.3. The van der Waals surface area contributed by atoms with Crippen molar-refractivity contribution in [1.29, 1.82) is 0 Å². The van der Waals surface area contributed by atoms with E-state index in [1.54, 1.807) is 18.2 Å². The van der Waals surface area contributed by atoms with Gasteiger partial charge in [0.2, 0.25) is 6.23 Å². The molecule has 4 rings (SSSR count). The van der Waals surface area contributed by atoms with E-state index in [9.17, 15) is 9.18 Å². The van der Waals surface area contributed by atoms with Crippen LogP contribution in [-0.4, -0.2) is 18.1 Å². The molecule has 0 spiro atoms. The van der Waals surface area contributed by atoms with Crippen molar-refractivity contribution in [3.8, 4) is 16.9 Å². The van der Waals surface area contributed by atoms with Crippen LogP contribution in [0.25, 0.3) is 11.1 Å². The number of urea groups is 1. The van der Waals surface area contributed by atoms with Gasteiger partial charge in [0.15, 0.2) is 5.84 Å². The van der Waals surface area contributed by atoms with Crippen LogP contribution in [0.1, 0.15) is 0 Å². The maximum Gasteiger partial charge on any atom is 0.323 e. The highest BCUT2D eigenvalue weighted by Gasteiger charge is 2.33. The summed E-state index contributed by atoms with van der Waals surface area (Å²) in [5.41, 5.74) is 2.21. The van der Waals surface area contributed by atoms with Crippen molar-refractivity contribution >= 4 is 17.6 Å². The number of carbonyl (C=O) groups excluding carboxylic acids is 1. The highest BCUT2D eigenvalue weighted by Crippen LogP contribution is 2.36. The van der Waals surface area contributed by atoms with Crippen LogP contribution in [0.15, 0.2) is 47.5 Å². The third-order valence-electron chi connectivity index (χ3n) is 3.36. The minimum atomic E-state index is -0.590. The minimum absolute atomic E-state index is 0.293. The van der Waals surface area contributed by atoms with Crippen LogP contribution >= 0.6 is 0 Å². The molecule has 1 unspecified atom stereocenters. The highest BCUT2D eigenvalue weighted by atomic mass is 19.1. The summed E-state index contributed by atoms with van der Waals surface area (Å²) in [4.78, 5) is 15.6. The quantitative estimate of drug-likeness (QED) is 0.845. The lowest BCUT2D eigenvalue weighted by Crippen LogP contribution is -2.36. The number of halogens is 1. The molecule has 0 aromatic heterocycles. The average molecular weight is 283 g/mol. The summed E-state index contributed by atoms with van der Waals surface area (Å²) in [5.74, 6) is 0.708. The van der Waals surface area contributed by atoms with E-state index in [1.807, 2.05) is 12.1 Å². The third kappa shape index (κ3) is 2.01. The summed E-state index contributed by atoms with van der Waals surface area (Å²) >= 11 is 0. The van der Waals surface area contributed by atoms with E-state index >= 15 is 0 Å². The molecule has 2 N–H and O–H groups in total. The van der Waals surface area contributed by atoms with E-state index in [2.05, 4.69) is 15.6 Å². The molecule has 0 radical (unpaired) electrons. The summed E-state index contributed by atoms with van der Waals surface area (Å²) in [5, 5.41) is 5.18. The van der Waals surface area contributed by atoms with Gasteiger partial charge in [-0.15, -0.1) is 0 Å². The van der Waals surface area contributed by atoms with Gasteiger partial charge in [0.25, 0.3) is 0 Å². The largest absolute Gasteiger partial charge is 0.461 e. The monoisotopic (exact) mass is 283 g/mol. The van der Waals surface area contributed by atoms with Crippen LogP contribution in [0.5, 0.6) is 5.75 Å². The first-order valence-corrected chi connectivity index (χ1v) is 6.42. The van der Waals surface area contributed by atoms with Crippen molar-refractivity contribution in [2.75, 3.05) is 0 Å². The number of nitrogens with zero attached hydrogens (tertiary/aromatic N) is 1. The second-order valence-electron chi connectivity index (χ2n) is 4.79.